The van der Waals surface area contributed by atoms with Crippen LogP contribution in [0.5, 0.6) is 0 Å². The van der Waals surface area contributed by atoms with Gasteiger partial charge in [0.05, 0.1) is 6.61 Å². The van der Waals surface area contributed by atoms with Crippen LogP contribution in [0, 0.1) is 0 Å². The van der Waals surface area contributed by atoms with E-state index in [0.29, 0.717) is 11.9 Å². The predicted molar refractivity (Wildman–Crippen MR) is 136 cm³/mol. The SMILES string of the molecule is CCCCO[P@@](=O)(c1ccc(N(C)C)cc1)[C@H](Nc1ccccc1)c1ccc(Br)cc1. The molecule has 0 unspecified atom stereocenters. The van der Waals surface area contributed by atoms with Crippen LogP contribution >= 0.6 is 23.3 Å². The summed E-state index contributed by atoms with van der Waals surface area (Å²) in [7, 11) is 0.679. The summed E-state index contributed by atoms with van der Waals surface area (Å²) in [6.45, 7) is 2.56. The minimum atomic E-state index is -3.31. The molecule has 6 heteroatoms. The van der Waals surface area contributed by atoms with Crippen LogP contribution in [0.2, 0.25) is 0 Å². The van der Waals surface area contributed by atoms with Crippen molar-refractivity contribution in [3.8, 4) is 0 Å². The lowest BCUT2D eigenvalue weighted by molar-refractivity contribution is 0.308. The third kappa shape index (κ3) is 6.00. The molecule has 31 heavy (non-hydrogen) atoms. The highest BCUT2D eigenvalue weighted by molar-refractivity contribution is 9.10. The molecule has 3 aromatic carbocycles. The largest absolute Gasteiger partial charge is 0.378 e. The van der Waals surface area contributed by atoms with Crippen LogP contribution in [0.4, 0.5) is 11.4 Å². The highest BCUT2D eigenvalue weighted by atomic mass is 79.9. The summed E-state index contributed by atoms with van der Waals surface area (Å²) >= 11 is 3.50. The lowest BCUT2D eigenvalue weighted by Crippen LogP contribution is -2.21. The molecule has 0 bridgehead atoms. The molecule has 0 aliphatic heterocycles. The van der Waals surface area contributed by atoms with Gasteiger partial charge in [-0.2, -0.15) is 0 Å². The minimum absolute atomic E-state index is 0.451. The van der Waals surface area contributed by atoms with Crippen molar-refractivity contribution in [1.29, 1.82) is 0 Å². The molecule has 0 saturated heterocycles. The Bertz CT molecular complexity index is 992. The third-order valence-corrected chi connectivity index (χ3v) is 8.33. The molecule has 0 radical (unpaired) electrons. The summed E-state index contributed by atoms with van der Waals surface area (Å²) in [5.74, 6) is -0.509. The van der Waals surface area contributed by atoms with Gasteiger partial charge in [-0.05, 0) is 60.5 Å². The molecule has 0 saturated carbocycles. The summed E-state index contributed by atoms with van der Waals surface area (Å²) in [6, 6.07) is 25.7. The minimum Gasteiger partial charge on any atom is -0.378 e. The standard InChI is InChI=1S/C25H30BrN2O2P/c1-4-5-19-30-31(29,24-17-15-23(16-18-24)28(2)3)25(20-11-13-21(26)14-12-20)27-22-9-7-6-8-10-22/h6-18,25,27H,4-5,19H2,1-3H3/t25-,31-/m0/s1. The summed E-state index contributed by atoms with van der Waals surface area (Å²) in [6.07, 6.45) is 1.84. The number of nitrogens with zero attached hydrogens (tertiary/aromatic N) is 1. The highest BCUT2D eigenvalue weighted by Gasteiger charge is 2.38. The maximum atomic E-state index is 14.7. The van der Waals surface area contributed by atoms with E-state index in [-0.39, 0.29) is 0 Å². The topological polar surface area (TPSA) is 41.6 Å². The van der Waals surface area contributed by atoms with Crippen LogP contribution < -0.4 is 15.5 Å². The van der Waals surface area contributed by atoms with Gasteiger partial charge in [0, 0.05) is 35.2 Å². The maximum Gasteiger partial charge on any atom is 0.258 e. The van der Waals surface area contributed by atoms with E-state index in [9.17, 15) is 4.57 Å². The van der Waals surface area contributed by atoms with Gasteiger partial charge >= 0.3 is 0 Å². The fraction of sp³-hybridized carbons (Fsp3) is 0.280. The molecule has 164 valence electrons. The van der Waals surface area contributed by atoms with E-state index >= 15 is 0 Å². The van der Waals surface area contributed by atoms with Gasteiger partial charge in [-0.3, -0.25) is 4.57 Å². The smallest absolute Gasteiger partial charge is 0.258 e. The number of anilines is 2. The summed E-state index contributed by atoms with van der Waals surface area (Å²) in [5.41, 5.74) is 2.88. The first-order valence-electron chi connectivity index (χ1n) is 10.5. The Kier molecular flexibility index (Phi) is 8.36. The second-order valence-electron chi connectivity index (χ2n) is 7.66. The van der Waals surface area contributed by atoms with Crippen molar-refractivity contribution in [3.63, 3.8) is 0 Å². The van der Waals surface area contributed by atoms with E-state index in [4.69, 9.17) is 4.52 Å². The molecule has 1 N–H and O–H groups in total. The molecule has 3 aromatic rings. The number of para-hydroxylation sites is 1. The van der Waals surface area contributed by atoms with Gasteiger partial charge in [-0.25, -0.2) is 0 Å². The second-order valence-corrected chi connectivity index (χ2v) is 11.1. The first-order valence-corrected chi connectivity index (χ1v) is 13.0. The molecular weight excluding hydrogens is 471 g/mol. The number of halogens is 1. The number of benzene rings is 3. The molecular formula is C25H30BrN2O2P. The van der Waals surface area contributed by atoms with E-state index in [1.807, 2.05) is 97.9 Å². The number of hydrogen-bond acceptors (Lipinski definition) is 4. The van der Waals surface area contributed by atoms with E-state index in [1.54, 1.807) is 0 Å². The first-order chi connectivity index (χ1) is 14.9. The van der Waals surface area contributed by atoms with Gasteiger partial charge in [-0.1, -0.05) is 59.6 Å². The Morgan fingerprint density at radius 1 is 0.968 bits per heavy atom. The number of nitrogens with one attached hydrogen (secondary N) is 1. The third-order valence-electron chi connectivity index (χ3n) is 5.11. The van der Waals surface area contributed by atoms with E-state index in [0.717, 1.165) is 34.3 Å². The lowest BCUT2D eigenvalue weighted by atomic mass is 10.2. The van der Waals surface area contributed by atoms with Gasteiger partial charge in [0.1, 0.15) is 5.78 Å². The van der Waals surface area contributed by atoms with E-state index < -0.39 is 13.2 Å². The summed E-state index contributed by atoms with van der Waals surface area (Å²) in [5, 5.41) is 4.22. The number of unbranched alkanes of at least 4 members (excludes halogenated alkanes) is 1. The molecule has 0 amide bonds. The molecule has 2 atom stereocenters. The zero-order valence-electron chi connectivity index (χ0n) is 18.3. The van der Waals surface area contributed by atoms with Crippen LogP contribution in [0.15, 0.2) is 83.3 Å². The normalized spacial score (nSPS) is 13.9. The fourth-order valence-electron chi connectivity index (χ4n) is 3.30. The first kappa shape index (κ1) is 23.6. The van der Waals surface area contributed by atoms with Crippen LogP contribution in [-0.4, -0.2) is 20.7 Å². The summed E-state index contributed by atoms with van der Waals surface area (Å²) in [4.78, 5) is 2.03. The van der Waals surface area contributed by atoms with E-state index in [1.165, 1.54) is 0 Å². The summed E-state index contributed by atoms with van der Waals surface area (Å²) < 4.78 is 21.9. The average molecular weight is 501 g/mol. The average Bonchev–Trinajstić information content (AvgIpc) is 2.79. The van der Waals surface area contributed by atoms with Crippen molar-refractivity contribution in [2.24, 2.45) is 0 Å². The van der Waals surface area contributed by atoms with Crippen molar-refractivity contribution in [3.05, 3.63) is 88.9 Å². The molecule has 0 spiro atoms. The van der Waals surface area contributed by atoms with Crippen LogP contribution in [-0.2, 0) is 9.09 Å². The Balaban J connectivity index is 2.08. The van der Waals surface area contributed by atoms with Crippen LogP contribution in [0.1, 0.15) is 31.1 Å². The number of hydrogen-bond donors (Lipinski definition) is 1. The van der Waals surface area contributed by atoms with Crippen molar-refractivity contribution in [2.75, 3.05) is 30.9 Å². The molecule has 0 aliphatic carbocycles. The monoisotopic (exact) mass is 500 g/mol. The Morgan fingerprint density at radius 2 is 1.61 bits per heavy atom. The van der Waals surface area contributed by atoms with Crippen LogP contribution in [0.3, 0.4) is 0 Å². The maximum absolute atomic E-state index is 14.7. The number of rotatable bonds is 10. The quantitative estimate of drug-likeness (QED) is 0.239. The van der Waals surface area contributed by atoms with Gasteiger partial charge in [0.2, 0.25) is 0 Å². The van der Waals surface area contributed by atoms with Crippen molar-refractivity contribution in [2.45, 2.75) is 25.5 Å². The second kappa shape index (κ2) is 11.0. The lowest BCUT2D eigenvalue weighted by Gasteiger charge is -2.30. The van der Waals surface area contributed by atoms with E-state index in [2.05, 4.69) is 28.2 Å². The van der Waals surface area contributed by atoms with Crippen molar-refractivity contribution >= 4 is 40.0 Å². The Morgan fingerprint density at radius 3 is 2.19 bits per heavy atom. The fourth-order valence-corrected chi connectivity index (χ4v) is 6.01. The van der Waals surface area contributed by atoms with Gasteiger partial charge in [-0.15, -0.1) is 0 Å². The Hall–Kier alpha value is -2.07. The van der Waals surface area contributed by atoms with Gasteiger partial charge in [0.15, 0.2) is 0 Å². The van der Waals surface area contributed by atoms with Crippen molar-refractivity contribution in [1.82, 2.24) is 0 Å². The zero-order chi connectivity index (χ0) is 22.3. The molecule has 3 rings (SSSR count). The molecule has 0 aliphatic rings. The molecule has 0 fully saturated rings. The zero-order valence-corrected chi connectivity index (χ0v) is 20.8. The molecule has 0 aromatic heterocycles. The predicted octanol–water partition coefficient (Wildman–Crippen LogP) is 7.05. The van der Waals surface area contributed by atoms with Gasteiger partial charge in [0.25, 0.3) is 7.37 Å². The van der Waals surface area contributed by atoms with Gasteiger partial charge < -0.3 is 14.7 Å². The van der Waals surface area contributed by atoms with Crippen molar-refractivity contribution < 1.29 is 9.09 Å². The Labute approximate surface area is 194 Å². The molecule has 4 nitrogen and oxygen atoms in total. The molecule has 0 heterocycles. The van der Waals surface area contributed by atoms with Crippen LogP contribution in [0.25, 0.3) is 0 Å². The highest BCUT2D eigenvalue weighted by Crippen LogP contribution is 2.59.